The van der Waals surface area contributed by atoms with Gasteiger partial charge in [0.05, 0.1) is 0 Å². The number of aryl methyl sites for hydroxylation is 2. The standard InChI is InChI=1S/C29H26N2O2S/c1-20-11-13-24(14-12-20)31-29(33)27(22-8-4-3-5-9-22)34-26-17-15-25(16-18-26)30-28(32)23-10-6-7-21(2)19-23/h3-19,27H,1-2H3,(H,30,32)(H,31,33). The number of carbonyl (C=O) groups is 2. The molecule has 1 atom stereocenters. The summed E-state index contributed by atoms with van der Waals surface area (Å²) >= 11 is 1.47. The average molecular weight is 467 g/mol. The van der Waals surface area contributed by atoms with Crippen LogP contribution in [0.5, 0.6) is 0 Å². The van der Waals surface area contributed by atoms with Crippen molar-refractivity contribution < 1.29 is 9.59 Å². The predicted molar refractivity (Wildman–Crippen MR) is 140 cm³/mol. The van der Waals surface area contributed by atoms with E-state index in [1.807, 2.05) is 111 Å². The lowest BCUT2D eigenvalue weighted by Gasteiger charge is -2.17. The van der Waals surface area contributed by atoms with Gasteiger partial charge in [-0.25, -0.2) is 0 Å². The maximum atomic E-state index is 13.2. The Morgan fingerprint density at radius 1 is 0.676 bits per heavy atom. The zero-order valence-corrected chi connectivity index (χ0v) is 19.9. The first kappa shape index (κ1) is 23.3. The van der Waals surface area contributed by atoms with Crippen LogP contribution in [0.1, 0.15) is 32.3 Å². The number of hydrogen-bond donors (Lipinski definition) is 2. The highest BCUT2D eigenvalue weighted by Crippen LogP contribution is 2.36. The number of thioether (sulfide) groups is 1. The summed E-state index contributed by atoms with van der Waals surface area (Å²) in [7, 11) is 0. The third-order valence-corrected chi connectivity index (χ3v) is 6.57. The zero-order valence-electron chi connectivity index (χ0n) is 19.1. The third-order valence-electron chi connectivity index (χ3n) is 5.31. The minimum absolute atomic E-state index is 0.0862. The Morgan fingerprint density at radius 3 is 2.00 bits per heavy atom. The molecule has 34 heavy (non-hydrogen) atoms. The van der Waals surface area contributed by atoms with E-state index < -0.39 is 5.25 Å². The number of carbonyl (C=O) groups excluding carboxylic acids is 2. The molecule has 4 aromatic rings. The Hall–Kier alpha value is -3.83. The Bertz CT molecular complexity index is 1270. The Kier molecular flexibility index (Phi) is 7.45. The minimum atomic E-state index is -0.421. The van der Waals surface area contributed by atoms with E-state index in [-0.39, 0.29) is 11.8 Å². The first-order valence-corrected chi connectivity index (χ1v) is 11.9. The van der Waals surface area contributed by atoms with E-state index in [9.17, 15) is 9.59 Å². The van der Waals surface area contributed by atoms with Crippen LogP contribution >= 0.6 is 11.8 Å². The van der Waals surface area contributed by atoms with Crippen LogP contribution < -0.4 is 10.6 Å². The number of amides is 2. The van der Waals surface area contributed by atoms with Gasteiger partial charge in [-0.3, -0.25) is 9.59 Å². The van der Waals surface area contributed by atoms with E-state index in [1.165, 1.54) is 11.8 Å². The van der Waals surface area contributed by atoms with Crippen molar-refractivity contribution in [1.82, 2.24) is 0 Å². The van der Waals surface area contributed by atoms with Gasteiger partial charge in [-0.05, 0) is 67.9 Å². The lowest BCUT2D eigenvalue weighted by molar-refractivity contribution is -0.115. The largest absolute Gasteiger partial charge is 0.325 e. The lowest BCUT2D eigenvalue weighted by Crippen LogP contribution is -2.19. The summed E-state index contributed by atoms with van der Waals surface area (Å²) in [6.07, 6.45) is 0. The molecule has 0 heterocycles. The van der Waals surface area contributed by atoms with E-state index in [0.29, 0.717) is 11.3 Å². The van der Waals surface area contributed by atoms with Gasteiger partial charge in [0.1, 0.15) is 5.25 Å². The van der Waals surface area contributed by atoms with Crippen molar-refractivity contribution in [2.45, 2.75) is 24.0 Å². The molecule has 0 saturated carbocycles. The Morgan fingerprint density at radius 2 is 1.32 bits per heavy atom. The van der Waals surface area contributed by atoms with Crippen LogP contribution in [0.25, 0.3) is 0 Å². The molecule has 0 fully saturated rings. The third kappa shape index (κ3) is 6.15. The molecular formula is C29H26N2O2S. The van der Waals surface area contributed by atoms with Crippen molar-refractivity contribution >= 4 is 35.0 Å². The van der Waals surface area contributed by atoms with Crippen LogP contribution in [0.4, 0.5) is 11.4 Å². The lowest BCUT2D eigenvalue weighted by atomic mass is 10.1. The van der Waals surface area contributed by atoms with E-state index in [2.05, 4.69) is 10.6 Å². The second-order valence-corrected chi connectivity index (χ2v) is 9.29. The maximum absolute atomic E-state index is 13.2. The molecule has 4 aromatic carbocycles. The molecule has 0 bridgehead atoms. The van der Waals surface area contributed by atoms with E-state index in [0.717, 1.165) is 27.3 Å². The molecule has 0 aliphatic heterocycles. The molecule has 1 unspecified atom stereocenters. The van der Waals surface area contributed by atoms with Crippen molar-refractivity contribution in [2.24, 2.45) is 0 Å². The molecule has 4 rings (SSSR count). The molecule has 0 aliphatic carbocycles. The molecule has 5 heteroatoms. The van der Waals surface area contributed by atoms with E-state index in [1.54, 1.807) is 6.07 Å². The molecule has 4 nitrogen and oxygen atoms in total. The molecule has 2 amide bonds. The van der Waals surface area contributed by atoms with Crippen molar-refractivity contribution in [3.63, 3.8) is 0 Å². The van der Waals surface area contributed by atoms with Crippen LogP contribution in [0.15, 0.2) is 108 Å². The van der Waals surface area contributed by atoms with Crippen LogP contribution in [-0.2, 0) is 4.79 Å². The molecular weight excluding hydrogens is 440 g/mol. The quantitative estimate of drug-likeness (QED) is 0.288. The zero-order chi connectivity index (χ0) is 23.9. The second kappa shape index (κ2) is 10.9. The molecule has 0 aromatic heterocycles. The molecule has 0 saturated heterocycles. The summed E-state index contributed by atoms with van der Waals surface area (Å²) in [6.45, 7) is 3.97. The first-order valence-electron chi connectivity index (χ1n) is 11.1. The molecule has 170 valence electrons. The molecule has 2 N–H and O–H groups in total. The molecule has 0 spiro atoms. The fourth-order valence-electron chi connectivity index (χ4n) is 3.49. The van der Waals surface area contributed by atoms with Crippen molar-refractivity contribution in [3.8, 4) is 0 Å². The van der Waals surface area contributed by atoms with Crippen LogP contribution in [0.3, 0.4) is 0 Å². The van der Waals surface area contributed by atoms with Gasteiger partial charge in [-0.1, -0.05) is 65.7 Å². The Balaban J connectivity index is 1.48. The predicted octanol–water partition coefficient (Wildman–Crippen LogP) is 7.03. The van der Waals surface area contributed by atoms with Gasteiger partial charge in [0, 0.05) is 21.8 Å². The summed E-state index contributed by atoms with van der Waals surface area (Å²) in [5.41, 5.74) is 5.20. The number of rotatable bonds is 7. The van der Waals surface area contributed by atoms with Gasteiger partial charge in [-0.2, -0.15) is 0 Å². The number of benzene rings is 4. The average Bonchev–Trinajstić information content (AvgIpc) is 2.85. The van der Waals surface area contributed by atoms with Crippen LogP contribution in [0.2, 0.25) is 0 Å². The van der Waals surface area contributed by atoms with E-state index in [4.69, 9.17) is 0 Å². The number of hydrogen-bond acceptors (Lipinski definition) is 3. The fourth-order valence-corrected chi connectivity index (χ4v) is 4.51. The maximum Gasteiger partial charge on any atom is 0.255 e. The van der Waals surface area contributed by atoms with Crippen molar-refractivity contribution in [2.75, 3.05) is 10.6 Å². The van der Waals surface area contributed by atoms with Gasteiger partial charge in [-0.15, -0.1) is 11.8 Å². The van der Waals surface area contributed by atoms with Crippen molar-refractivity contribution in [3.05, 3.63) is 125 Å². The SMILES string of the molecule is Cc1ccc(NC(=O)C(Sc2ccc(NC(=O)c3cccc(C)c3)cc2)c2ccccc2)cc1. The summed E-state index contributed by atoms with van der Waals surface area (Å²) in [5, 5.41) is 5.54. The summed E-state index contributed by atoms with van der Waals surface area (Å²) in [5.74, 6) is -0.236. The Labute approximate surface area is 204 Å². The molecule has 0 aliphatic rings. The van der Waals surface area contributed by atoms with E-state index >= 15 is 0 Å². The summed E-state index contributed by atoms with van der Waals surface area (Å²) in [6, 6.07) is 32.5. The van der Waals surface area contributed by atoms with Gasteiger partial charge in [0.25, 0.3) is 5.91 Å². The van der Waals surface area contributed by atoms with Crippen LogP contribution in [-0.4, -0.2) is 11.8 Å². The first-order chi connectivity index (χ1) is 16.5. The highest BCUT2D eigenvalue weighted by atomic mass is 32.2. The highest BCUT2D eigenvalue weighted by molar-refractivity contribution is 8.00. The van der Waals surface area contributed by atoms with Crippen LogP contribution in [0, 0.1) is 13.8 Å². The van der Waals surface area contributed by atoms with Gasteiger partial charge < -0.3 is 10.6 Å². The van der Waals surface area contributed by atoms with Gasteiger partial charge in [0.2, 0.25) is 5.91 Å². The fraction of sp³-hybridized carbons (Fsp3) is 0.103. The smallest absolute Gasteiger partial charge is 0.255 e. The number of anilines is 2. The monoisotopic (exact) mass is 466 g/mol. The second-order valence-electron chi connectivity index (χ2n) is 8.11. The summed E-state index contributed by atoms with van der Waals surface area (Å²) in [4.78, 5) is 26.7. The van der Waals surface area contributed by atoms with Gasteiger partial charge >= 0.3 is 0 Å². The van der Waals surface area contributed by atoms with Gasteiger partial charge in [0.15, 0.2) is 0 Å². The molecule has 0 radical (unpaired) electrons. The van der Waals surface area contributed by atoms with Crippen molar-refractivity contribution in [1.29, 1.82) is 0 Å². The topological polar surface area (TPSA) is 58.2 Å². The highest BCUT2D eigenvalue weighted by Gasteiger charge is 2.22. The normalized spacial score (nSPS) is 11.5. The summed E-state index contributed by atoms with van der Waals surface area (Å²) < 4.78 is 0. The number of nitrogens with one attached hydrogen (secondary N) is 2. The minimum Gasteiger partial charge on any atom is -0.325 e.